The standard InChI is InChI=1S/C9H15Cl/c1-3-4-5-6-7-9(2)8-10/h9H,5-8H2,1-2H3. The first-order chi connectivity index (χ1) is 4.81. The van der Waals surface area contributed by atoms with E-state index >= 15 is 0 Å². The molecule has 0 N–H and O–H groups in total. The van der Waals surface area contributed by atoms with Gasteiger partial charge in [0.05, 0.1) is 0 Å². The van der Waals surface area contributed by atoms with Gasteiger partial charge in [-0.3, -0.25) is 0 Å². The minimum absolute atomic E-state index is 0.653. The molecule has 0 fully saturated rings. The molecule has 0 aliphatic heterocycles. The number of rotatable bonds is 4. The number of hydrogen-bond acceptors (Lipinski definition) is 0. The zero-order valence-electron chi connectivity index (χ0n) is 6.78. The van der Waals surface area contributed by atoms with Crippen LogP contribution in [0.5, 0.6) is 0 Å². The largest absolute Gasteiger partial charge is 0.126 e. The molecular formula is C9H15Cl. The van der Waals surface area contributed by atoms with Crippen molar-refractivity contribution in [2.24, 2.45) is 5.92 Å². The number of unbranched alkanes of at least 4 members (excludes halogenated alkanes) is 1. The molecule has 1 atom stereocenters. The number of alkyl halides is 1. The summed E-state index contributed by atoms with van der Waals surface area (Å²) in [4.78, 5) is 0. The summed E-state index contributed by atoms with van der Waals surface area (Å²) in [7, 11) is 0. The van der Waals surface area contributed by atoms with Crippen LogP contribution in [0.3, 0.4) is 0 Å². The van der Waals surface area contributed by atoms with Crippen LogP contribution < -0.4 is 0 Å². The van der Waals surface area contributed by atoms with E-state index in [9.17, 15) is 0 Å². The molecule has 10 heavy (non-hydrogen) atoms. The second-order valence-electron chi connectivity index (χ2n) is 2.58. The molecule has 0 nitrogen and oxygen atoms in total. The van der Waals surface area contributed by atoms with Crippen LogP contribution in [0.15, 0.2) is 0 Å². The molecule has 0 aromatic carbocycles. The zero-order valence-corrected chi connectivity index (χ0v) is 7.54. The lowest BCUT2D eigenvalue weighted by molar-refractivity contribution is 0.568. The van der Waals surface area contributed by atoms with E-state index in [0.717, 1.165) is 12.3 Å². The van der Waals surface area contributed by atoms with Crippen LogP contribution in [-0.2, 0) is 0 Å². The lowest BCUT2D eigenvalue weighted by Gasteiger charge is -2.03. The van der Waals surface area contributed by atoms with Gasteiger partial charge in [0.2, 0.25) is 0 Å². The molecule has 0 bridgehead atoms. The molecule has 1 unspecified atom stereocenters. The SMILES string of the molecule is CC#CCCCC(C)CCl. The second kappa shape index (κ2) is 6.96. The Morgan fingerprint density at radius 1 is 1.50 bits per heavy atom. The van der Waals surface area contributed by atoms with Crippen LogP contribution >= 0.6 is 11.6 Å². The Labute approximate surface area is 69.0 Å². The van der Waals surface area contributed by atoms with Crippen LogP contribution in [0.1, 0.15) is 33.1 Å². The highest BCUT2D eigenvalue weighted by Crippen LogP contribution is 2.08. The molecule has 0 amide bonds. The molecule has 58 valence electrons. The number of hydrogen-bond donors (Lipinski definition) is 0. The molecule has 0 spiro atoms. The topological polar surface area (TPSA) is 0 Å². The average Bonchev–Trinajstić information content (AvgIpc) is 1.98. The first-order valence-corrected chi connectivity index (χ1v) is 4.30. The van der Waals surface area contributed by atoms with Gasteiger partial charge >= 0.3 is 0 Å². The van der Waals surface area contributed by atoms with E-state index in [4.69, 9.17) is 11.6 Å². The lowest BCUT2D eigenvalue weighted by Crippen LogP contribution is -1.94. The van der Waals surface area contributed by atoms with Gasteiger partial charge < -0.3 is 0 Å². The van der Waals surface area contributed by atoms with Crippen LogP contribution in [0.4, 0.5) is 0 Å². The van der Waals surface area contributed by atoms with Crippen molar-refractivity contribution in [1.82, 2.24) is 0 Å². The van der Waals surface area contributed by atoms with Crippen molar-refractivity contribution in [2.45, 2.75) is 33.1 Å². The van der Waals surface area contributed by atoms with Crippen LogP contribution in [0.2, 0.25) is 0 Å². The monoisotopic (exact) mass is 158 g/mol. The Morgan fingerprint density at radius 3 is 2.70 bits per heavy atom. The molecule has 0 radical (unpaired) electrons. The minimum atomic E-state index is 0.653. The Balaban J connectivity index is 3.08. The molecule has 0 heterocycles. The van der Waals surface area contributed by atoms with Crippen LogP contribution in [0, 0.1) is 17.8 Å². The highest BCUT2D eigenvalue weighted by Gasteiger charge is 1.96. The fraction of sp³-hybridized carbons (Fsp3) is 0.778. The fourth-order valence-electron chi connectivity index (χ4n) is 0.741. The fourth-order valence-corrected chi connectivity index (χ4v) is 0.895. The summed E-state index contributed by atoms with van der Waals surface area (Å²) in [5.41, 5.74) is 0. The summed E-state index contributed by atoms with van der Waals surface area (Å²) in [6.07, 6.45) is 3.42. The van der Waals surface area contributed by atoms with Gasteiger partial charge in [0.1, 0.15) is 0 Å². The van der Waals surface area contributed by atoms with E-state index in [1.54, 1.807) is 0 Å². The van der Waals surface area contributed by atoms with E-state index in [-0.39, 0.29) is 0 Å². The predicted molar refractivity (Wildman–Crippen MR) is 47.2 cm³/mol. The summed E-state index contributed by atoms with van der Waals surface area (Å²) in [5, 5.41) is 0. The van der Waals surface area contributed by atoms with Crippen molar-refractivity contribution in [3.8, 4) is 11.8 Å². The molecule has 0 aromatic rings. The van der Waals surface area contributed by atoms with Gasteiger partial charge in [-0.2, -0.15) is 0 Å². The van der Waals surface area contributed by atoms with Crippen molar-refractivity contribution in [3.05, 3.63) is 0 Å². The summed E-state index contributed by atoms with van der Waals surface area (Å²) in [6.45, 7) is 4.05. The van der Waals surface area contributed by atoms with Crippen molar-refractivity contribution >= 4 is 11.6 Å². The van der Waals surface area contributed by atoms with Gasteiger partial charge in [0.25, 0.3) is 0 Å². The first kappa shape index (κ1) is 9.85. The first-order valence-electron chi connectivity index (χ1n) is 3.76. The summed E-state index contributed by atoms with van der Waals surface area (Å²) >= 11 is 5.63. The molecule has 0 rings (SSSR count). The molecule has 0 aliphatic rings. The summed E-state index contributed by atoms with van der Waals surface area (Å²) in [5.74, 6) is 7.34. The average molecular weight is 159 g/mol. The summed E-state index contributed by atoms with van der Waals surface area (Å²) < 4.78 is 0. The Hall–Kier alpha value is -0.150. The van der Waals surface area contributed by atoms with Crippen molar-refractivity contribution < 1.29 is 0 Å². The molecule has 0 saturated heterocycles. The summed E-state index contributed by atoms with van der Waals surface area (Å²) in [6, 6.07) is 0. The van der Waals surface area contributed by atoms with Gasteiger partial charge in [-0.15, -0.1) is 23.4 Å². The number of halogens is 1. The lowest BCUT2D eigenvalue weighted by atomic mass is 10.1. The van der Waals surface area contributed by atoms with E-state index in [1.165, 1.54) is 12.8 Å². The van der Waals surface area contributed by atoms with E-state index < -0.39 is 0 Å². The molecule has 0 saturated carbocycles. The Morgan fingerprint density at radius 2 is 2.20 bits per heavy atom. The van der Waals surface area contributed by atoms with Gasteiger partial charge in [-0.05, 0) is 25.7 Å². The minimum Gasteiger partial charge on any atom is -0.126 e. The smallest absolute Gasteiger partial charge is 0.0249 e. The van der Waals surface area contributed by atoms with Gasteiger partial charge in [-0.25, -0.2) is 0 Å². The predicted octanol–water partition coefficient (Wildman–Crippen LogP) is 3.05. The zero-order chi connectivity index (χ0) is 7.82. The third-order valence-corrected chi connectivity index (χ3v) is 1.97. The highest BCUT2D eigenvalue weighted by molar-refractivity contribution is 6.18. The molecular weight excluding hydrogens is 144 g/mol. The van der Waals surface area contributed by atoms with Gasteiger partial charge in [-0.1, -0.05) is 6.92 Å². The van der Waals surface area contributed by atoms with Crippen LogP contribution in [-0.4, -0.2) is 5.88 Å². The Kier molecular flexibility index (Phi) is 6.86. The third-order valence-electron chi connectivity index (χ3n) is 1.44. The van der Waals surface area contributed by atoms with E-state index in [1.807, 2.05) is 6.92 Å². The van der Waals surface area contributed by atoms with Gasteiger partial charge in [0.15, 0.2) is 0 Å². The van der Waals surface area contributed by atoms with E-state index in [2.05, 4.69) is 18.8 Å². The maximum atomic E-state index is 5.63. The normalized spacial score (nSPS) is 11.9. The molecule has 1 heteroatoms. The maximum absolute atomic E-state index is 5.63. The second-order valence-corrected chi connectivity index (χ2v) is 2.89. The van der Waals surface area contributed by atoms with E-state index in [0.29, 0.717) is 5.92 Å². The molecule has 0 aromatic heterocycles. The quantitative estimate of drug-likeness (QED) is 0.335. The van der Waals surface area contributed by atoms with Crippen molar-refractivity contribution in [1.29, 1.82) is 0 Å². The van der Waals surface area contributed by atoms with Gasteiger partial charge in [0, 0.05) is 12.3 Å². The Bertz CT molecular complexity index is 118. The maximum Gasteiger partial charge on any atom is 0.0249 e. The van der Waals surface area contributed by atoms with Crippen molar-refractivity contribution in [3.63, 3.8) is 0 Å². The molecule has 0 aliphatic carbocycles. The van der Waals surface area contributed by atoms with Crippen LogP contribution in [0.25, 0.3) is 0 Å². The van der Waals surface area contributed by atoms with Crippen molar-refractivity contribution in [2.75, 3.05) is 5.88 Å². The third kappa shape index (κ3) is 5.98. The highest BCUT2D eigenvalue weighted by atomic mass is 35.5.